The molecule has 0 aliphatic heterocycles. The van der Waals surface area contributed by atoms with Crippen LogP contribution in [0, 0.1) is 0 Å². The molecule has 1 fully saturated rings. The van der Waals surface area contributed by atoms with Crippen LogP contribution in [0.5, 0.6) is 0 Å². The molecule has 0 spiro atoms. The lowest BCUT2D eigenvalue weighted by Gasteiger charge is -2.25. The van der Waals surface area contributed by atoms with Crippen molar-refractivity contribution in [2.45, 2.75) is 18.9 Å². The predicted molar refractivity (Wildman–Crippen MR) is 127 cm³/mol. The number of aromatic carboxylic acids is 1. The van der Waals surface area contributed by atoms with E-state index in [1.165, 1.54) is 27.9 Å². The number of carboxylic acid groups (broad SMARTS) is 1. The molecule has 162 valence electrons. The summed E-state index contributed by atoms with van der Waals surface area (Å²) in [6.07, 6.45) is 3.01. The van der Waals surface area contributed by atoms with E-state index in [1.807, 2.05) is 0 Å². The fourth-order valence-electron chi connectivity index (χ4n) is 3.08. The van der Waals surface area contributed by atoms with Gasteiger partial charge in [-0.05, 0) is 53.0 Å². The maximum Gasteiger partial charge on any atom is 0.337 e. The molecule has 0 saturated heterocycles. The zero-order valence-corrected chi connectivity index (χ0v) is 20.9. The van der Waals surface area contributed by atoms with Crippen LogP contribution in [0.2, 0.25) is 10.0 Å². The van der Waals surface area contributed by atoms with E-state index in [9.17, 15) is 14.7 Å². The summed E-state index contributed by atoms with van der Waals surface area (Å²) >= 11 is 19.2. The average Bonchev–Trinajstić information content (AvgIpc) is 3.44. The van der Waals surface area contributed by atoms with Crippen molar-refractivity contribution in [3.05, 3.63) is 66.9 Å². The molecule has 1 aliphatic carbocycles. The van der Waals surface area contributed by atoms with Gasteiger partial charge in [0.05, 0.1) is 21.3 Å². The first-order chi connectivity index (χ1) is 14.3. The average molecular weight is 612 g/mol. The molecule has 0 unspecified atom stereocenters. The third-order valence-electron chi connectivity index (χ3n) is 4.47. The van der Waals surface area contributed by atoms with Gasteiger partial charge in [0, 0.05) is 22.8 Å². The normalized spacial score (nSPS) is 12.9. The minimum absolute atomic E-state index is 0. The van der Waals surface area contributed by atoms with Crippen LogP contribution in [0.25, 0.3) is 5.82 Å². The van der Waals surface area contributed by atoms with Crippen molar-refractivity contribution >= 4 is 85.0 Å². The van der Waals surface area contributed by atoms with E-state index in [0.717, 1.165) is 12.8 Å². The number of amides is 1. The number of carbonyl (C=O) groups is 2. The number of nitrogens with zero attached hydrogens (tertiary/aromatic N) is 4. The summed E-state index contributed by atoms with van der Waals surface area (Å²) in [5.74, 6) is -1.36. The molecule has 2 heterocycles. The molecule has 2 aromatic heterocycles. The number of hydrogen-bond donors (Lipinski definition) is 1. The van der Waals surface area contributed by atoms with E-state index in [0.29, 0.717) is 14.1 Å². The van der Waals surface area contributed by atoms with Gasteiger partial charge in [-0.15, -0.1) is 12.4 Å². The number of rotatable bonds is 5. The smallest absolute Gasteiger partial charge is 0.337 e. The van der Waals surface area contributed by atoms with Gasteiger partial charge in [0.1, 0.15) is 10.3 Å². The van der Waals surface area contributed by atoms with Gasteiger partial charge in [0.25, 0.3) is 5.91 Å². The lowest BCUT2D eigenvalue weighted by molar-refractivity contribution is 0.0697. The topological polar surface area (TPSA) is 88.3 Å². The largest absolute Gasteiger partial charge is 0.478 e. The Labute approximate surface area is 210 Å². The standard InChI is InChI=1S/C19H12Br2Cl2N4O3.ClH/c20-9-6-11(19(29)30)16(13(23)7-9)26(10-3-4-10)18(28)14-8-15(21)25-27(14)17-12(22)2-1-5-24-17;/h1-2,5-8,10H,3-4H2,(H,29,30);1H. The Morgan fingerprint density at radius 1 is 1.16 bits per heavy atom. The molecule has 0 radical (unpaired) electrons. The molecule has 1 saturated carbocycles. The highest BCUT2D eigenvalue weighted by molar-refractivity contribution is 9.10. The zero-order chi connectivity index (χ0) is 21.6. The van der Waals surface area contributed by atoms with Gasteiger partial charge < -0.3 is 10.0 Å². The third-order valence-corrected chi connectivity index (χ3v) is 5.90. The molecule has 7 nitrogen and oxygen atoms in total. The Kier molecular flexibility index (Phi) is 7.32. The summed E-state index contributed by atoms with van der Waals surface area (Å²) in [6, 6.07) is 7.67. The van der Waals surface area contributed by atoms with Crippen LogP contribution < -0.4 is 4.90 Å². The van der Waals surface area contributed by atoms with Crippen molar-refractivity contribution in [1.82, 2.24) is 14.8 Å². The molecule has 1 aliphatic rings. The van der Waals surface area contributed by atoms with Crippen molar-refractivity contribution in [3.8, 4) is 5.82 Å². The van der Waals surface area contributed by atoms with Gasteiger partial charge in [-0.25, -0.2) is 14.5 Å². The maximum atomic E-state index is 13.7. The molecular weight excluding hydrogens is 598 g/mol. The highest BCUT2D eigenvalue weighted by Crippen LogP contribution is 2.41. The van der Waals surface area contributed by atoms with E-state index in [2.05, 4.69) is 41.9 Å². The van der Waals surface area contributed by atoms with E-state index < -0.39 is 11.9 Å². The van der Waals surface area contributed by atoms with Crippen molar-refractivity contribution in [2.75, 3.05) is 4.90 Å². The number of carbonyl (C=O) groups excluding carboxylic acids is 1. The Balaban J connectivity index is 0.00000272. The highest BCUT2D eigenvalue weighted by Gasteiger charge is 2.39. The first kappa shape index (κ1) is 24.0. The van der Waals surface area contributed by atoms with Crippen molar-refractivity contribution < 1.29 is 14.7 Å². The van der Waals surface area contributed by atoms with Crippen molar-refractivity contribution in [3.63, 3.8) is 0 Å². The number of pyridine rings is 1. The first-order valence-electron chi connectivity index (χ1n) is 8.70. The van der Waals surface area contributed by atoms with Crippen molar-refractivity contribution in [1.29, 1.82) is 0 Å². The summed E-state index contributed by atoms with van der Waals surface area (Å²) < 4.78 is 2.24. The summed E-state index contributed by atoms with van der Waals surface area (Å²) in [7, 11) is 0. The van der Waals surface area contributed by atoms with Crippen LogP contribution >= 0.6 is 67.5 Å². The Morgan fingerprint density at radius 2 is 1.87 bits per heavy atom. The molecule has 3 aromatic rings. The number of aromatic nitrogens is 3. The van der Waals surface area contributed by atoms with E-state index in [4.69, 9.17) is 23.2 Å². The molecule has 1 amide bonds. The summed E-state index contributed by atoms with van der Waals surface area (Å²) in [6.45, 7) is 0. The van der Waals surface area contributed by atoms with E-state index in [1.54, 1.807) is 18.2 Å². The fraction of sp³-hybridized carbons (Fsp3) is 0.158. The van der Waals surface area contributed by atoms with Crippen LogP contribution in [0.4, 0.5) is 5.69 Å². The molecule has 1 N–H and O–H groups in total. The number of carboxylic acids is 1. The van der Waals surface area contributed by atoms with Gasteiger partial charge in [0.2, 0.25) is 0 Å². The fourth-order valence-corrected chi connectivity index (χ4v) is 4.56. The minimum atomic E-state index is -1.19. The van der Waals surface area contributed by atoms with Gasteiger partial charge >= 0.3 is 5.97 Å². The zero-order valence-electron chi connectivity index (χ0n) is 15.4. The van der Waals surface area contributed by atoms with Crippen LogP contribution in [0.15, 0.2) is 45.6 Å². The molecule has 4 rings (SSSR count). The SMILES string of the molecule is Cl.O=C(O)c1cc(Br)cc(Cl)c1N(C(=O)c1cc(Br)nn1-c1ncccc1Cl)C1CC1. The maximum absolute atomic E-state index is 13.7. The second-order valence-corrected chi connectivity index (χ2v) is 9.11. The highest BCUT2D eigenvalue weighted by atomic mass is 79.9. The first-order valence-corrected chi connectivity index (χ1v) is 11.0. The molecule has 31 heavy (non-hydrogen) atoms. The molecule has 1 aromatic carbocycles. The lowest BCUT2D eigenvalue weighted by atomic mass is 10.1. The second-order valence-electron chi connectivity index (χ2n) is 6.57. The predicted octanol–water partition coefficient (Wildman–Crippen LogP) is 6.03. The molecule has 0 atom stereocenters. The van der Waals surface area contributed by atoms with E-state index >= 15 is 0 Å². The molecular formula is C19H13Br2Cl3N4O3. The van der Waals surface area contributed by atoms with Crippen LogP contribution in [-0.4, -0.2) is 37.8 Å². The Morgan fingerprint density at radius 3 is 2.48 bits per heavy atom. The number of hydrogen-bond acceptors (Lipinski definition) is 4. The van der Waals surface area contributed by atoms with Crippen LogP contribution in [0.3, 0.4) is 0 Å². The van der Waals surface area contributed by atoms with E-state index in [-0.39, 0.29) is 46.2 Å². The Bertz CT molecular complexity index is 1180. The summed E-state index contributed by atoms with van der Waals surface area (Å²) in [5.41, 5.74) is 0.246. The van der Waals surface area contributed by atoms with Crippen molar-refractivity contribution in [2.24, 2.45) is 0 Å². The minimum Gasteiger partial charge on any atom is -0.478 e. The third kappa shape index (κ3) is 4.75. The lowest BCUT2D eigenvalue weighted by Crippen LogP contribution is -2.36. The second kappa shape index (κ2) is 9.46. The number of benzene rings is 1. The monoisotopic (exact) mass is 608 g/mol. The number of anilines is 1. The van der Waals surface area contributed by atoms with Gasteiger partial charge in [0.15, 0.2) is 5.82 Å². The summed E-state index contributed by atoms with van der Waals surface area (Å²) in [5, 5.41) is 14.5. The molecule has 12 heteroatoms. The molecule has 0 bridgehead atoms. The van der Waals surface area contributed by atoms with Gasteiger partial charge in [-0.3, -0.25) is 4.79 Å². The Hall–Kier alpha value is -1.65. The van der Waals surface area contributed by atoms with Crippen LogP contribution in [0.1, 0.15) is 33.7 Å². The quantitative estimate of drug-likeness (QED) is 0.381. The van der Waals surface area contributed by atoms with Gasteiger partial charge in [-0.1, -0.05) is 39.1 Å². The van der Waals surface area contributed by atoms with Crippen LogP contribution in [-0.2, 0) is 0 Å². The van der Waals surface area contributed by atoms with Gasteiger partial charge in [-0.2, -0.15) is 5.10 Å². The number of halogens is 5. The summed E-state index contributed by atoms with van der Waals surface area (Å²) in [4.78, 5) is 31.2.